The first-order chi connectivity index (χ1) is 17.4. The maximum absolute atomic E-state index is 13.8. The van der Waals surface area contributed by atoms with E-state index in [0.29, 0.717) is 34.4 Å². The van der Waals surface area contributed by atoms with Gasteiger partial charge in [0.1, 0.15) is 11.4 Å². The van der Waals surface area contributed by atoms with Gasteiger partial charge in [-0.25, -0.2) is 0 Å². The Morgan fingerprint density at radius 1 is 1.03 bits per heavy atom. The fourth-order valence-corrected chi connectivity index (χ4v) is 6.57. The smallest absolute Gasteiger partial charge is 0.257 e. The Bertz CT molecular complexity index is 1100. The van der Waals surface area contributed by atoms with Gasteiger partial charge in [-0.2, -0.15) is 0 Å². The highest BCUT2D eigenvalue weighted by Crippen LogP contribution is 2.45. The molecule has 0 bridgehead atoms. The Kier molecular flexibility index (Phi) is 9.28. The third kappa shape index (κ3) is 6.05. The summed E-state index contributed by atoms with van der Waals surface area (Å²) in [4.78, 5) is 31.1. The van der Waals surface area contributed by atoms with E-state index in [0.717, 1.165) is 25.2 Å². The molecule has 2 unspecified atom stereocenters. The molecule has 0 aliphatic carbocycles. The summed E-state index contributed by atoms with van der Waals surface area (Å²) in [5.74, 6) is 1.13. The highest BCUT2D eigenvalue weighted by Gasteiger charge is 2.43. The second-order valence-corrected chi connectivity index (χ2v) is 10.8. The number of hydrogen-bond donors (Lipinski definition) is 1. The van der Waals surface area contributed by atoms with Crippen LogP contribution in [0.15, 0.2) is 36.4 Å². The maximum Gasteiger partial charge on any atom is 0.257 e. The number of ether oxygens (including phenoxy) is 2. The molecule has 2 saturated heterocycles. The summed E-state index contributed by atoms with van der Waals surface area (Å²) >= 11 is 14.0. The predicted octanol–water partition coefficient (Wildman–Crippen LogP) is 4.87. The minimum absolute atomic E-state index is 0.166. The van der Waals surface area contributed by atoms with E-state index in [2.05, 4.69) is 10.2 Å². The molecule has 2 aromatic carbocycles. The summed E-state index contributed by atoms with van der Waals surface area (Å²) in [6.45, 7) is 3.48. The van der Waals surface area contributed by atoms with Crippen molar-refractivity contribution in [3.8, 4) is 11.5 Å². The highest BCUT2D eigenvalue weighted by atomic mass is 35.5. The van der Waals surface area contributed by atoms with E-state index in [1.165, 1.54) is 31.0 Å². The number of nitrogens with zero attached hydrogens (tertiary/aromatic N) is 2. The van der Waals surface area contributed by atoms with Crippen molar-refractivity contribution in [3.63, 3.8) is 0 Å². The van der Waals surface area contributed by atoms with E-state index in [4.69, 9.17) is 32.7 Å². The quantitative estimate of drug-likeness (QED) is 0.504. The van der Waals surface area contributed by atoms with Crippen LogP contribution in [0.2, 0.25) is 10.0 Å². The summed E-state index contributed by atoms with van der Waals surface area (Å²) in [6.07, 6.45) is 3.67. The largest absolute Gasteiger partial charge is 0.493 e. The van der Waals surface area contributed by atoms with Crippen LogP contribution in [0.3, 0.4) is 0 Å². The Balaban J connectivity index is 1.58. The van der Waals surface area contributed by atoms with E-state index in [1.54, 1.807) is 43.4 Å². The number of piperidine rings is 1. The first-order valence-corrected chi connectivity index (χ1v) is 13.8. The third-order valence-electron chi connectivity index (χ3n) is 6.57. The lowest BCUT2D eigenvalue weighted by molar-refractivity contribution is -0.124. The van der Waals surface area contributed by atoms with Crippen LogP contribution in [-0.2, 0) is 4.79 Å². The molecular weight excluding hydrogens is 521 g/mol. The van der Waals surface area contributed by atoms with E-state index < -0.39 is 11.4 Å². The van der Waals surface area contributed by atoms with Crippen LogP contribution in [0.5, 0.6) is 11.5 Å². The van der Waals surface area contributed by atoms with Crippen molar-refractivity contribution in [2.45, 2.75) is 30.7 Å². The number of amides is 2. The molecule has 2 fully saturated rings. The van der Waals surface area contributed by atoms with Gasteiger partial charge < -0.3 is 24.6 Å². The zero-order valence-electron chi connectivity index (χ0n) is 20.5. The molecule has 2 aromatic rings. The summed E-state index contributed by atoms with van der Waals surface area (Å²) < 4.78 is 10.8. The monoisotopic (exact) mass is 551 g/mol. The topological polar surface area (TPSA) is 71.1 Å². The summed E-state index contributed by atoms with van der Waals surface area (Å²) in [5, 5.41) is 3.35. The lowest BCUT2D eigenvalue weighted by Gasteiger charge is -2.30. The van der Waals surface area contributed by atoms with Crippen molar-refractivity contribution in [3.05, 3.63) is 57.6 Å². The van der Waals surface area contributed by atoms with Crippen molar-refractivity contribution in [1.82, 2.24) is 15.1 Å². The van der Waals surface area contributed by atoms with Gasteiger partial charge in [0.2, 0.25) is 5.91 Å². The Morgan fingerprint density at radius 3 is 2.47 bits per heavy atom. The molecule has 0 aromatic heterocycles. The van der Waals surface area contributed by atoms with Gasteiger partial charge >= 0.3 is 0 Å². The SMILES string of the molecule is COc1ccc(C2SCC(C(=O)NCCN3CCCCC3)N2C(=O)c2ccc(Cl)cc2Cl)cc1OC. The predicted molar refractivity (Wildman–Crippen MR) is 144 cm³/mol. The Hall–Kier alpha value is -2.13. The number of rotatable bonds is 8. The average Bonchev–Trinajstić information content (AvgIpc) is 3.34. The van der Waals surface area contributed by atoms with E-state index in [9.17, 15) is 9.59 Å². The summed E-state index contributed by atoms with van der Waals surface area (Å²) in [7, 11) is 3.14. The van der Waals surface area contributed by atoms with Gasteiger partial charge in [-0.05, 0) is 61.8 Å². The lowest BCUT2D eigenvalue weighted by atomic mass is 10.1. The molecule has 194 valence electrons. The van der Waals surface area contributed by atoms with Gasteiger partial charge in [0.15, 0.2) is 11.5 Å². The van der Waals surface area contributed by atoms with Crippen molar-refractivity contribution in [1.29, 1.82) is 0 Å². The van der Waals surface area contributed by atoms with Crippen LogP contribution in [-0.4, -0.2) is 73.8 Å². The minimum atomic E-state index is -0.645. The minimum Gasteiger partial charge on any atom is -0.493 e. The molecule has 10 heteroatoms. The molecule has 2 aliphatic rings. The fourth-order valence-electron chi connectivity index (χ4n) is 4.66. The van der Waals surface area contributed by atoms with Crippen LogP contribution >= 0.6 is 35.0 Å². The third-order valence-corrected chi connectivity index (χ3v) is 8.44. The van der Waals surface area contributed by atoms with Gasteiger partial charge in [-0.3, -0.25) is 9.59 Å². The van der Waals surface area contributed by atoms with Gasteiger partial charge in [0.05, 0.1) is 24.8 Å². The van der Waals surface area contributed by atoms with Gasteiger partial charge in [-0.15, -0.1) is 11.8 Å². The second-order valence-electron chi connectivity index (χ2n) is 8.85. The van der Waals surface area contributed by atoms with E-state index >= 15 is 0 Å². The number of nitrogens with one attached hydrogen (secondary N) is 1. The van der Waals surface area contributed by atoms with Crippen molar-refractivity contribution < 1.29 is 19.1 Å². The molecular formula is C26H31Cl2N3O4S. The van der Waals surface area contributed by atoms with Gasteiger partial charge in [-0.1, -0.05) is 35.7 Å². The molecule has 2 heterocycles. The number of hydrogen-bond acceptors (Lipinski definition) is 6. The van der Waals surface area contributed by atoms with Crippen LogP contribution < -0.4 is 14.8 Å². The molecule has 36 heavy (non-hydrogen) atoms. The molecule has 2 aliphatic heterocycles. The molecule has 0 saturated carbocycles. The molecule has 4 rings (SSSR count). The van der Waals surface area contributed by atoms with Crippen molar-refractivity contribution in [2.24, 2.45) is 0 Å². The van der Waals surface area contributed by atoms with E-state index in [1.807, 2.05) is 12.1 Å². The van der Waals surface area contributed by atoms with Crippen LogP contribution in [0.1, 0.15) is 40.6 Å². The number of methoxy groups -OCH3 is 2. The van der Waals surface area contributed by atoms with Gasteiger partial charge in [0, 0.05) is 23.9 Å². The maximum atomic E-state index is 13.8. The number of benzene rings is 2. The average molecular weight is 553 g/mol. The number of thioether (sulfide) groups is 1. The van der Waals surface area contributed by atoms with E-state index in [-0.39, 0.29) is 16.8 Å². The van der Waals surface area contributed by atoms with Crippen molar-refractivity contribution in [2.75, 3.05) is 46.2 Å². The number of halogens is 2. The molecule has 0 spiro atoms. The molecule has 1 N–H and O–H groups in total. The molecule has 0 radical (unpaired) electrons. The summed E-state index contributed by atoms with van der Waals surface area (Å²) in [6, 6.07) is 9.66. The summed E-state index contributed by atoms with van der Waals surface area (Å²) in [5.41, 5.74) is 1.14. The number of likely N-dealkylation sites (tertiary alicyclic amines) is 1. The molecule has 2 amide bonds. The normalized spacial score (nSPS) is 20.3. The van der Waals surface area contributed by atoms with Crippen LogP contribution in [0.4, 0.5) is 0 Å². The second kappa shape index (κ2) is 12.4. The molecule has 2 atom stereocenters. The molecule has 7 nitrogen and oxygen atoms in total. The first-order valence-electron chi connectivity index (χ1n) is 12.0. The zero-order valence-corrected chi connectivity index (χ0v) is 22.8. The van der Waals surface area contributed by atoms with Crippen LogP contribution in [0.25, 0.3) is 0 Å². The first kappa shape index (κ1) is 26.9. The Morgan fingerprint density at radius 2 is 1.78 bits per heavy atom. The fraction of sp³-hybridized carbons (Fsp3) is 0.462. The highest BCUT2D eigenvalue weighted by molar-refractivity contribution is 7.99. The lowest BCUT2D eigenvalue weighted by Crippen LogP contribution is -2.49. The number of carbonyl (C=O) groups excluding carboxylic acids is 2. The standard InChI is InChI=1S/C26H31Cl2N3O4S/c1-34-22-9-6-17(14-23(22)35-2)26-31(25(33)19-8-7-18(27)15-20(19)28)21(16-36-26)24(32)29-10-13-30-11-4-3-5-12-30/h6-9,14-15,21,26H,3-5,10-13,16H2,1-2H3,(H,29,32). The Labute approximate surface area is 226 Å². The van der Waals surface area contributed by atoms with Gasteiger partial charge in [0.25, 0.3) is 5.91 Å². The van der Waals surface area contributed by atoms with Crippen LogP contribution in [0, 0.1) is 0 Å². The van der Waals surface area contributed by atoms with Crippen molar-refractivity contribution >= 4 is 46.8 Å². The number of carbonyl (C=O) groups is 2. The zero-order chi connectivity index (χ0) is 25.7.